The van der Waals surface area contributed by atoms with Crippen molar-refractivity contribution >= 4 is 17.5 Å². The van der Waals surface area contributed by atoms with E-state index in [4.69, 9.17) is 9.15 Å². The van der Waals surface area contributed by atoms with Gasteiger partial charge in [-0.05, 0) is 48.9 Å². The van der Waals surface area contributed by atoms with Gasteiger partial charge in [-0.3, -0.25) is 19.5 Å². The van der Waals surface area contributed by atoms with E-state index in [9.17, 15) is 9.59 Å². The van der Waals surface area contributed by atoms with Crippen molar-refractivity contribution in [2.75, 3.05) is 18.1 Å². The highest BCUT2D eigenvalue weighted by atomic mass is 16.5. The minimum atomic E-state index is -0.295. The van der Waals surface area contributed by atoms with Crippen molar-refractivity contribution in [2.45, 2.75) is 19.9 Å². The predicted molar refractivity (Wildman–Crippen MR) is 107 cm³/mol. The number of carbonyl (C=O) groups excluding carboxylic acids is 2. The van der Waals surface area contributed by atoms with Crippen LogP contribution in [-0.4, -0.2) is 29.9 Å². The van der Waals surface area contributed by atoms with E-state index in [-0.39, 0.29) is 30.7 Å². The summed E-state index contributed by atoms with van der Waals surface area (Å²) in [5.41, 5.74) is 2.66. The maximum atomic E-state index is 12.3. The van der Waals surface area contributed by atoms with E-state index >= 15 is 0 Å². The maximum absolute atomic E-state index is 12.3. The number of furan rings is 1. The highest BCUT2D eigenvalue weighted by molar-refractivity contribution is 5.97. The largest absolute Gasteiger partial charge is 0.482 e. The SMILES string of the molecule is Cc1ccc2c(c1)OCC(=O)N2Cc1ccc(C(=O)NCCc2ccccn2)o1. The first-order valence-corrected chi connectivity index (χ1v) is 9.41. The van der Waals surface area contributed by atoms with Crippen molar-refractivity contribution in [3.05, 3.63) is 77.5 Å². The van der Waals surface area contributed by atoms with Crippen LogP contribution >= 0.6 is 0 Å². The Bertz CT molecular complexity index is 1030. The normalized spacial score (nSPS) is 13.0. The van der Waals surface area contributed by atoms with Gasteiger partial charge >= 0.3 is 0 Å². The van der Waals surface area contributed by atoms with Crippen molar-refractivity contribution in [1.29, 1.82) is 0 Å². The van der Waals surface area contributed by atoms with Crippen LogP contribution in [0.1, 0.15) is 27.6 Å². The van der Waals surface area contributed by atoms with Crippen molar-refractivity contribution < 1.29 is 18.7 Å². The van der Waals surface area contributed by atoms with Gasteiger partial charge in [0.15, 0.2) is 12.4 Å². The van der Waals surface area contributed by atoms with Gasteiger partial charge in [-0.2, -0.15) is 0 Å². The van der Waals surface area contributed by atoms with Gasteiger partial charge in [-0.15, -0.1) is 0 Å². The fraction of sp³-hybridized carbons (Fsp3) is 0.227. The van der Waals surface area contributed by atoms with Gasteiger partial charge in [0.2, 0.25) is 0 Å². The molecule has 0 spiro atoms. The summed E-state index contributed by atoms with van der Waals surface area (Å²) >= 11 is 0. The molecule has 0 fully saturated rings. The van der Waals surface area contributed by atoms with E-state index < -0.39 is 0 Å². The topological polar surface area (TPSA) is 84.7 Å². The summed E-state index contributed by atoms with van der Waals surface area (Å²) in [5, 5.41) is 2.82. The van der Waals surface area contributed by atoms with Crippen LogP contribution in [0.4, 0.5) is 5.69 Å². The number of hydrogen-bond acceptors (Lipinski definition) is 5. The predicted octanol–water partition coefficient (Wildman–Crippen LogP) is 2.88. The zero-order valence-electron chi connectivity index (χ0n) is 16.1. The molecule has 2 amide bonds. The van der Waals surface area contributed by atoms with Gasteiger partial charge in [-0.25, -0.2) is 0 Å². The molecule has 2 aromatic heterocycles. The number of amides is 2. The molecule has 1 N–H and O–H groups in total. The molecule has 0 bridgehead atoms. The third-order valence-corrected chi connectivity index (χ3v) is 4.65. The highest BCUT2D eigenvalue weighted by Crippen LogP contribution is 2.34. The number of nitrogens with one attached hydrogen (secondary N) is 1. The first-order valence-electron chi connectivity index (χ1n) is 9.41. The van der Waals surface area contributed by atoms with Gasteiger partial charge in [0, 0.05) is 24.9 Å². The van der Waals surface area contributed by atoms with Crippen LogP contribution in [0.5, 0.6) is 5.75 Å². The Kier molecular flexibility index (Phi) is 5.29. The first kappa shape index (κ1) is 18.7. The molecule has 0 saturated heterocycles. The second-order valence-corrected chi connectivity index (χ2v) is 6.83. The number of anilines is 1. The van der Waals surface area contributed by atoms with Gasteiger partial charge < -0.3 is 14.5 Å². The standard InChI is InChI=1S/C22H21N3O4/c1-15-5-7-18-20(12-15)28-14-21(26)25(18)13-17-6-8-19(29-17)22(27)24-11-9-16-4-2-3-10-23-16/h2-8,10,12H,9,11,13-14H2,1H3,(H,24,27). The van der Waals surface area contributed by atoms with Crippen molar-refractivity contribution in [3.63, 3.8) is 0 Å². The first-order chi connectivity index (χ1) is 14.1. The number of aromatic nitrogens is 1. The Morgan fingerprint density at radius 2 is 2.10 bits per heavy atom. The van der Waals surface area contributed by atoms with Crippen LogP contribution in [0.3, 0.4) is 0 Å². The monoisotopic (exact) mass is 391 g/mol. The molecule has 0 unspecified atom stereocenters. The molecule has 1 aliphatic rings. The Hall–Kier alpha value is -3.61. The molecule has 1 aromatic carbocycles. The summed E-state index contributed by atoms with van der Waals surface area (Å²) in [7, 11) is 0. The van der Waals surface area contributed by atoms with Crippen LogP contribution in [0, 0.1) is 6.92 Å². The number of nitrogens with zero attached hydrogens (tertiary/aromatic N) is 2. The molecular formula is C22H21N3O4. The van der Waals surface area contributed by atoms with E-state index in [1.165, 1.54) is 0 Å². The molecule has 0 radical (unpaired) electrons. The summed E-state index contributed by atoms with van der Waals surface area (Å²) in [5.74, 6) is 0.965. The smallest absolute Gasteiger partial charge is 0.287 e. The number of benzene rings is 1. The van der Waals surface area contributed by atoms with Crippen molar-refractivity contribution in [2.24, 2.45) is 0 Å². The summed E-state index contributed by atoms with van der Waals surface area (Å²) in [4.78, 5) is 30.5. The van der Waals surface area contributed by atoms with Crippen LogP contribution in [0.2, 0.25) is 0 Å². The Morgan fingerprint density at radius 3 is 2.93 bits per heavy atom. The van der Waals surface area contributed by atoms with Gasteiger partial charge in [0.25, 0.3) is 11.8 Å². The molecule has 3 aromatic rings. The number of carbonyl (C=O) groups is 2. The molecular weight excluding hydrogens is 370 g/mol. The third-order valence-electron chi connectivity index (χ3n) is 4.65. The minimum Gasteiger partial charge on any atom is -0.482 e. The second-order valence-electron chi connectivity index (χ2n) is 6.83. The molecule has 7 nitrogen and oxygen atoms in total. The molecule has 7 heteroatoms. The van der Waals surface area contributed by atoms with Gasteiger partial charge in [-0.1, -0.05) is 12.1 Å². The second kappa shape index (κ2) is 8.18. The molecule has 29 heavy (non-hydrogen) atoms. The van der Waals surface area contributed by atoms with Crippen molar-refractivity contribution in [3.8, 4) is 5.75 Å². The summed E-state index contributed by atoms with van der Waals surface area (Å²) in [6.45, 7) is 2.65. The zero-order valence-corrected chi connectivity index (χ0v) is 16.1. The zero-order chi connectivity index (χ0) is 20.2. The number of ether oxygens (including phenoxy) is 1. The average molecular weight is 391 g/mol. The Morgan fingerprint density at radius 1 is 1.21 bits per heavy atom. The molecule has 4 rings (SSSR count). The van der Waals surface area contributed by atoms with E-state index in [2.05, 4.69) is 10.3 Å². The number of aryl methyl sites for hydroxylation is 1. The summed E-state index contributed by atoms with van der Waals surface area (Å²) in [6, 6.07) is 14.7. The Balaban J connectivity index is 1.39. The lowest BCUT2D eigenvalue weighted by molar-refractivity contribution is -0.121. The average Bonchev–Trinajstić information content (AvgIpc) is 3.20. The van der Waals surface area contributed by atoms with Crippen LogP contribution in [0.15, 0.2) is 59.1 Å². The fourth-order valence-electron chi connectivity index (χ4n) is 3.16. The van der Waals surface area contributed by atoms with Crippen molar-refractivity contribution in [1.82, 2.24) is 10.3 Å². The number of rotatable bonds is 6. The van der Waals surface area contributed by atoms with E-state index in [0.29, 0.717) is 30.2 Å². The molecule has 148 valence electrons. The maximum Gasteiger partial charge on any atom is 0.287 e. The number of hydrogen-bond donors (Lipinski definition) is 1. The summed E-state index contributed by atoms with van der Waals surface area (Å²) in [6.07, 6.45) is 2.36. The minimum absolute atomic E-state index is 0.0158. The molecule has 0 saturated carbocycles. The number of fused-ring (bicyclic) bond motifs is 1. The van der Waals surface area contributed by atoms with Gasteiger partial charge in [0.05, 0.1) is 12.2 Å². The highest BCUT2D eigenvalue weighted by Gasteiger charge is 2.26. The van der Waals surface area contributed by atoms with E-state index in [1.54, 1.807) is 23.2 Å². The quantitative estimate of drug-likeness (QED) is 0.698. The molecule has 0 atom stereocenters. The fourth-order valence-corrected chi connectivity index (χ4v) is 3.16. The van der Waals surface area contributed by atoms with Crippen LogP contribution < -0.4 is 15.0 Å². The molecule has 0 aliphatic carbocycles. The van der Waals surface area contributed by atoms with Crippen LogP contribution in [0.25, 0.3) is 0 Å². The molecule has 1 aliphatic heterocycles. The molecule has 3 heterocycles. The lowest BCUT2D eigenvalue weighted by atomic mass is 10.1. The summed E-state index contributed by atoms with van der Waals surface area (Å²) < 4.78 is 11.2. The lowest BCUT2D eigenvalue weighted by Crippen LogP contribution is -2.38. The lowest BCUT2D eigenvalue weighted by Gasteiger charge is -2.28. The Labute approximate surface area is 168 Å². The third kappa shape index (κ3) is 4.29. The number of pyridine rings is 1. The van der Waals surface area contributed by atoms with E-state index in [0.717, 1.165) is 11.3 Å². The van der Waals surface area contributed by atoms with Gasteiger partial charge in [0.1, 0.15) is 11.5 Å². The van der Waals surface area contributed by atoms with E-state index in [1.807, 2.05) is 43.3 Å². The van der Waals surface area contributed by atoms with Crippen LogP contribution in [-0.2, 0) is 17.8 Å².